The van der Waals surface area contributed by atoms with Crippen LogP contribution in [0.25, 0.3) is 0 Å². The van der Waals surface area contributed by atoms with Crippen LogP contribution in [0.2, 0.25) is 0 Å². The molecular weight excluding hydrogens is 460 g/mol. The van der Waals surface area contributed by atoms with E-state index in [4.69, 9.17) is 4.74 Å². The van der Waals surface area contributed by atoms with E-state index in [2.05, 4.69) is 41.8 Å². The van der Waals surface area contributed by atoms with Gasteiger partial charge < -0.3 is 15.4 Å². The van der Waals surface area contributed by atoms with Gasteiger partial charge in [0, 0.05) is 16.9 Å². The molecular formula is C32H36N2O3. The number of esters is 1. The third-order valence-corrected chi connectivity index (χ3v) is 8.38. The summed E-state index contributed by atoms with van der Waals surface area (Å²) in [4.78, 5) is 24.9. The number of hydrogen-bond acceptors (Lipinski definition) is 4. The van der Waals surface area contributed by atoms with E-state index < -0.39 is 5.97 Å². The maximum atomic E-state index is 12.9. The van der Waals surface area contributed by atoms with Crippen molar-refractivity contribution in [3.8, 4) is 0 Å². The second-order valence-corrected chi connectivity index (χ2v) is 10.7. The first-order valence-corrected chi connectivity index (χ1v) is 13.5. The van der Waals surface area contributed by atoms with Crippen LogP contribution in [0, 0.1) is 11.8 Å². The number of ether oxygens (including phenoxy) is 1. The lowest BCUT2D eigenvalue weighted by Gasteiger charge is -2.49. The second kappa shape index (κ2) is 10.8. The molecule has 5 nitrogen and oxygen atoms in total. The molecule has 0 heterocycles. The predicted octanol–water partition coefficient (Wildman–Crippen LogP) is 7.72. The molecule has 5 heteroatoms. The number of benzene rings is 3. The summed E-state index contributed by atoms with van der Waals surface area (Å²) < 4.78 is 4.86. The van der Waals surface area contributed by atoms with E-state index >= 15 is 0 Å². The first-order chi connectivity index (χ1) is 18.0. The van der Waals surface area contributed by atoms with Crippen molar-refractivity contribution in [3.05, 3.63) is 89.5 Å². The summed E-state index contributed by atoms with van der Waals surface area (Å²) in [6, 6.07) is 23.0. The van der Waals surface area contributed by atoms with Crippen molar-refractivity contribution >= 4 is 28.9 Å². The number of amides is 1. The Hall–Kier alpha value is -3.60. The van der Waals surface area contributed by atoms with Gasteiger partial charge in [-0.1, -0.05) is 50.5 Å². The molecule has 2 bridgehead atoms. The number of anilines is 3. The number of carbonyl (C=O) groups excluding carboxylic acids is 2. The fraction of sp³-hybridized carbons (Fsp3) is 0.375. The number of hydrogen-bond donors (Lipinski definition) is 2. The highest BCUT2D eigenvalue weighted by Gasteiger charge is 2.43. The lowest BCUT2D eigenvalue weighted by Crippen LogP contribution is -2.40. The van der Waals surface area contributed by atoms with Crippen LogP contribution in [0.1, 0.15) is 78.1 Å². The number of carbonyl (C=O) groups is 2. The molecule has 5 rings (SSSR count). The molecule has 3 unspecified atom stereocenters. The van der Waals surface area contributed by atoms with Crippen LogP contribution in [0.3, 0.4) is 0 Å². The number of nitrogens with one attached hydrogen (secondary N) is 2. The van der Waals surface area contributed by atoms with Crippen molar-refractivity contribution in [2.24, 2.45) is 11.8 Å². The first-order valence-electron chi connectivity index (χ1n) is 13.5. The maximum Gasteiger partial charge on any atom is 0.339 e. The van der Waals surface area contributed by atoms with Crippen LogP contribution in [-0.2, 0) is 10.2 Å². The zero-order valence-corrected chi connectivity index (χ0v) is 21.8. The molecule has 2 fully saturated rings. The summed E-state index contributed by atoms with van der Waals surface area (Å²) in [6.07, 6.45) is 9.31. The summed E-state index contributed by atoms with van der Waals surface area (Å²) in [5, 5.41) is 6.27. The fourth-order valence-electron chi connectivity index (χ4n) is 6.52. The molecule has 192 valence electrons. The molecule has 0 radical (unpaired) electrons. The Labute approximate surface area is 219 Å². The van der Waals surface area contributed by atoms with E-state index in [1.165, 1.54) is 57.6 Å². The van der Waals surface area contributed by atoms with Crippen molar-refractivity contribution in [1.29, 1.82) is 0 Å². The second-order valence-electron chi connectivity index (χ2n) is 10.7. The number of rotatable bonds is 7. The number of para-hydroxylation sites is 1. The van der Waals surface area contributed by atoms with Gasteiger partial charge in [0.15, 0.2) is 0 Å². The molecule has 2 saturated carbocycles. The van der Waals surface area contributed by atoms with Gasteiger partial charge in [-0.3, -0.25) is 4.79 Å². The molecule has 2 N–H and O–H groups in total. The van der Waals surface area contributed by atoms with E-state index in [1.807, 2.05) is 24.3 Å². The molecule has 0 aromatic heterocycles. The van der Waals surface area contributed by atoms with Crippen molar-refractivity contribution in [3.63, 3.8) is 0 Å². The monoisotopic (exact) mass is 496 g/mol. The minimum atomic E-state index is -0.401. The largest absolute Gasteiger partial charge is 0.465 e. The summed E-state index contributed by atoms with van der Waals surface area (Å²) >= 11 is 0. The highest BCUT2D eigenvalue weighted by Crippen LogP contribution is 2.53. The van der Waals surface area contributed by atoms with Crippen molar-refractivity contribution in [2.75, 3.05) is 17.7 Å². The Balaban J connectivity index is 1.24. The van der Waals surface area contributed by atoms with Gasteiger partial charge in [0.1, 0.15) is 0 Å². The van der Waals surface area contributed by atoms with E-state index in [1.54, 1.807) is 24.3 Å². The van der Waals surface area contributed by atoms with Gasteiger partial charge in [-0.15, -0.1) is 0 Å². The average Bonchev–Trinajstić information content (AvgIpc) is 2.93. The summed E-state index contributed by atoms with van der Waals surface area (Å²) in [5.41, 5.74) is 5.03. The lowest BCUT2D eigenvalue weighted by atomic mass is 9.56. The minimum absolute atomic E-state index is 0.145. The van der Waals surface area contributed by atoms with E-state index in [0.717, 1.165) is 23.2 Å². The first kappa shape index (κ1) is 25.1. The Morgan fingerprint density at radius 1 is 0.946 bits per heavy atom. The van der Waals surface area contributed by atoms with Crippen LogP contribution in [0.5, 0.6) is 0 Å². The molecule has 2 aliphatic carbocycles. The average molecular weight is 497 g/mol. The van der Waals surface area contributed by atoms with Crippen LogP contribution < -0.4 is 10.6 Å². The number of methoxy groups -OCH3 is 1. The van der Waals surface area contributed by atoms with Gasteiger partial charge >= 0.3 is 5.97 Å². The Morgan fingerprint density at radius 2 is 1.68 bits per heavy atom. The molecule has 3 aromatic carbocycles. The van der Waals surface area contributed by atoms with Gasteiger partial charge in [0.2, 0.25) is 0 Å². The summed E-state index contributed by atoms with van der Waals surface area (Å²) in [5.74, 6) is 1.17. The van der Waals surface area contributed by atoms with Crippen LogP contribution in [-0.4, -0.2) is 19.0 Å². The van der Waals surface area contributed by atoms with Gasteiger partial charge in [0.25, 0.3) is 5.91 Å². The Kier molecular flexibility index (Phi) is 7.31. The molecule has 0 spiro atoms. The minimum Gasteiger partial charge on any atom is -0.465 e. The van der Waals surface area contributed by atoms with Gasteiger partial charge in [-0.2, -0.15) is 0 Å². The molecule has 1 amide bonds. The quantitative estimate of drug-likeness (QED) is 0.329. The normalized spacial score (nSPS) is 22.6. The summed E-state index contributed by atoms with van der Waals surface area (Å²) in [7, 11) is 1.36. The molecule has 3 atom stereocenters. The number of fused-ring (bicyclic) bond motifs is 2. The van der Waals surface area contributed by atoms with Crippen LogP contribution in [0.4, 0.5) is 17.1 Å². The van der Waals surface area contributed by atoms with E-state index in [0.29, 0.717) is 22.2 Å². The molecule has 37 heavy (non-hydrogen) atoms. The Bertz CT molecular complexity index is 1250. The zero-order chi connectivity index (χ0) is 25.8. The van der Waals surface area contributed by atoms with E-state index in [9.17, 15) is 9.59 Å². The highest BCUT2D eigenvalue weighted by molar-refractivity contribution is 6.04. The zero-order valence-electron chi connectivity index (χ0n) is 21.8. The van der Waals surface area contributed by atoms with Gasteiger partial charge in [-0.25, -0.2) is 4.79 Å². The third kappa shape index (κ3) is 5.41. The standard InChI is InChI=1S/C32H36N2O3/c1-3-22-19-23-7-6-18-32(20-22,21-23)25-12-16-27(17-13-25)34-30(35)24-10-14-26(15-11-24)33-29-9-5-4-8-28(29)31(36)37-2/h4-5,8-17,22-23,33H,3,6-7,18-21H2,1-2H3,(H,34,35). The van der Waals surface area contributed by atoms with Gasteiger partial charge in [-0.05, 0) is 97.0 Å². The summed E-state index contributed by atoms with van der Waals surface area (Å²) in [6.45, 7) is 2.34. The van der Waals surface area contributed by atoms with E-state index in [-0.39, 0.29) is 5.91 Å². The van der Waals surface area contributed by atoms with Crippen LogP contribution in [0.15, 0.2) is 72.8 Å². The van der Waals surface area contributed by atoms with Crippen molar-refractivity contribution in [2.45, 2.75) is 57.3 Å². The molecule has 3 aromatic rings. The van der Waals surface area contributed by atoms with Crippen LogP contribution >= 0.6 is 0 Å². The lowest BCUT2D eigenvalue weighted by molar-refractivity contribution is 0.0601. The fourth-order valence-corrected chi connectivity index (χ4v) is 6.52. The maximum absolute atomic E-state index is 12.9. The predicted molar refractivity (Wildman–Crippen MR) is 149 cm³/mol. The molecule has 0 saturated heterocycles. The van der Waals surface area contributed by atoms with Gasteiger partial charge in [0.05, 0.1) is 18.4 Å². The van der Waals surface area contributed by atoms with Crippen molar-refractivity contribution < 1.29 is 14.3 Å². The third-order valence-electron chi connectivity index (χ3n) is 8.38. The highest BCUT2D eigenvalue weighted by atomic mass is 16.5. The SMILES string of the molecule is CCC1CC2CCCC(c3ccc(NC(=O)c4ccc(Nc5ccccc5C(=O)OC)cc4)cc3)(C1)C2. The van der Waals surface area contributed by atoms with Crippen molar-refractivity contribution in [1.82, 2.24) is 0 Å². The topological polar surface area (TPSA) is 67.4 Å². The smallest absolute Gasteiger partial charge is 0.339 e. The molecule has 0 aliphatic heterocycles. The Morgan fingerprint density at radius 3 is 2.41 bits per heavy atom. The molecule has 2 aliphatic rings.